The summed E-state index contributed by atoms with van der Waals surface area (Å²) in [5.74, 6) is 0.677. The van der Waals surface area contributed by atoms with Crippen LogP contribution in [-0.2, 0) is 4.74 Å². The molecule has 1 amide bonds. The van der Waals surface area contributed by atoms with Crippen LogP contribution in [0.15, 0.2) is 12.1 Å². The highest BCUT2D eigenvalue weighted by Gasteiger charge is 2.42. The number of carbonyl (C=O) groups excluding carboxylic acids is 1. The first kappa shape index (κ1) is 25.7. The average Bonchev–Trinajstić information content (AvgIpc) is 3.14. The maximum Gasteiger partial charge on any atom is 0.286 e. The number of alkyl halides is 1. The first-order valence-electron chi connectivity index (χ1n) is 10.1. The van der Waals surface area contributed by atoms with Gasteiger partial charge in [0.05, 0.1) is 36.9 Å². The predicted octanol–water partition coefficient (Wildman–Crippen LogP) is 3.46. The zero-order valence-corrected chi connectivity index (χ0v) is 20.3. The number of nitro groups is 1. The van der Waals surface area contributed by atoms with E-state index in [2.05, 4.69) is 15.9 Å². The number of carbonyl (C=O) groups is 1. The van der Waals surface area contributed by atoms with E-state index >= 15 is 0 Å². The quantitative estimate of drug-likeness (QED) is 0.146. The number of benzene rings is 1. The van der Waals surface area contributed by atoms with Gasteiger partial charge < -0.3 is 24.2 Å². The molecule has 9 nitrogen and oxygen atoms in total. The number of hydrogen-bond donors (Lipinski definition) is 1. The van der Waals surface area contributed by atoms with E-state index < -0.39 is 23.0 Å². The van der Waals surface area contributed by atoms with E-state index in [0.717, 1.165) is 11.1 Å². The van der Waals surface area contributed by atoms with Crippen LogP contribution in [0.2, 0.25) is 0 Å². The molecular weight excluding hydrogens is 492 g/mol. The lowest BCUT2D eigenvalue weighted by Crippen LogP contribution is -2.43. The van der Waals surface area contributed by atoms with Crippen LogP contribution in [0.1, 0.15) is 37.0 Å². The Kier molecular flexibility index (Phi) is 10.3. The van der Waals surface area contributed by atoms with Gasteiger partial charge in [0.1, 0.15) is 11.0 Å². The Morgan fingerprint density at radius 1 is 1.42 bits per heavy atom. The average molecular weight is 521 g/mol. The molecule has 1 aromatic carbocycles. The van der Waals surface area contributed by atoms with E-state index in [9.17, 15) is 20.0 Å². The Labute approximate surface area is 194 Å². The Bertz CT molecular complexity index is 761. The summed E-state index contributed by atoms with van der Waals surface area (Å²) in [4.78, 5) is 26.1. The third-order valence-corrected chi connectivity index (χ3v) is 6.48. The van der Waals surface area contributed by atoms with Gasteiger partial charge in [-0.2, -0.15) is 0 Å². The van der Waals surface area contributed by atoms with Gasteiger partial charge in [-0.3, -0.25) is 14.9 Å². The van der Waals surface area contributed by atoms with Crippen LogP contribution in [-0.4, -0.2) is 76.4 Å². The van der Waals surface area contributed by atoms with Gasteiger partial charge in [-0.1, -0.05) is 22.9 Å². The molecular formula is C20H29BrN2O7S. The SMILES string of the molecule is CCOC(SCC)[C@@H]1C[C@@H](O)CN1C(=O)c1cc(OC)c(OCCCBr)cc1[N+](=O)[O-]. The molecule has 174 valence electrons. The molecule has 1 aliphatic rings. The lowest BCUT2D eigenvalue weighted by atomic mass is 10.1. The first-order chi connectivity index (χ1) is 14.9. The number of aliphatic hydroxyl groups is 1. The Balaban J connectivity index is 2.42. The minimum Gasteiger partial charge on any atom is -0.493 e. The Morgan fingerprint density at radius 3 is 2.74 bits per heavy atom. The second-order valence-electron chi connectivity index (χ2n) is 6.86. The third kappa shape index (κ3) is 6.47. The molecule has 1 saturated heterocycles. The van der Waals surface area contributed by atoms with Crippen molar-refractivity contribution in [3.8, 4) is 11.5 Å². The number of halogens is 1. The lowest BCUT2D eigenvalue weighted by Gasteiger charge is -2.30. The van der Waals surface area contributed by atoms with E-state index in [1.165, 1.54) is 35.9 Å². The van der Waals surface area contributed by atoms with Crippen molar-refractivity contribution in [3.63, 3.8) is 0 Å². The van der Waals surface area contributed by atoms with Crippen molar-refractivity contribution in [2.24, 2.45) is 0 Å². The molecule has 2 rings (SSSR count). The molecule has 1 unspecified atom stereocenters. The van der Waals surface area contributed by atoms with Crippen molar-refractivity contribution in [2.45, 2.75) is 44.3 Å². The van der Waals surface area contributed by atoms with Crippen molar-refractivity contribution >= 4 is 39.3 Å². The number of likely N-dealkylation sites (tertiary alicyclic amines) is 1. The third-order valence-electron chi connectivity index (χ3n) is 4.80. The summed E-state index contributed by atoms with van der Waals surface area (Å²) >= 11 is 4.85. The van der Waals surface area contributed by atoms with Gasteiger partial charge in [0.15, 0.2) is 11.5 Å². The number of thioether (sulfide) groups is 1. The Morgan fingerprint density at radius 2 is 2.16 bits per heavy atom. The number of amides is 1. The van der Waals surface area contributed by atoms with Gasteiger partial charge >= 0.3 is 0 Å². The molecule has 11 heteroatoms. The van der Waals surface area contributed by atoms with Gasteiger partial charge in [0.2, 0.25) is 0 Å². The van der Waals surface area contributed by atoms with Crippen LogP contribution in [0, 0.1) is 10.1 Å². The van der Waals surface area contributed by atoms with Gasteiger partial charge in [-0.15, -0.1) is 11.8 Å². The number of nitrogens with zero attached hydrogens (tertiary/aromatic N) is 2. The summed E-state index contributed by atoms with van der Waals surface area (Å²) in [5.41, 5.74) is -0.801. The molecule has 0 saturated carbocycles. The van der Waals surface area contributed by atoms with Gasteiger partial charge in [-0.25, -0.2) is 0 Å². The molecule has 1 heterocycles. The summed E-state index contributed by atoms with van der Waals surface area (Å²) < 4.78 is 16.7. The summed E-state index contributed by atoms with van der Waals surface area (Å²) in [5, 5.41) is 22.7. The van der Waals surface area contributed by atoms with E-state index in [1.54, 1.807) is 0 Å². The molecule has 31 heavy (non-hydrogen) atoms. The van der Waals surface area contributed by atoms with Crippen LogP contribution in [0.3, 0.4) is 0 Å². The summed E-state index contributed by atoms with van der Waals surface area (Å²) in [7, 11) is 1.41. The highest BCUT2D eigenvalue weighted by Crippen LogP contribution is 2.37. The molecule has 3 atom stereocenters. The Hall–Kier alpha value is -1.56. The zero-order valence-electron chi connectivity index (χ0n) is 17.9. The summed E-state index contributed by atoms with van der Waals surface area (Å²) in [6.07, 6.45) is 0.336. The fourth-order valence-corrected chi connectivity index (χ4v) is 4.74. The molecule has 0 aromatic heterocycles. The molecule has 0 aliphatic carbocycles. The summed E-state index contributed by atoms with van der Waals surface area (Å²) in [6, 6.07) is 2.17. The van der Waals surface area contributed by atoms with Crippen LogP contribution >= 0.6 is 27.7 Å². The highest BCUT2D eigenvalue weighted by molar-refractivity contribution is 9.09. The zero-order chi connectivity index (χ0) is 23.0. The minimum absolute atomic E-state index is 0.0837. The van der Waals surface area contributed by atoms with Gasteiger partial charge in [0, 0.05) is 24.5 Å². The molecule has 1 fully saturated rings. The maximum absolute atomic E-state index is 13.4. The van der Waals surface area contributed by atoms with Gasteiger partial charge in [0.25, 0.3) is 11.6 Å². The monoisotopic (exact) mass is 520 g/mol. The fourth-order valence-electron chi connectivity index (χ4n) is 3.47. The molecule has 1 N–H and O–H groups in total. The molecule has 1 aliphatic heterocycles. The highest BCUT2D eigenvalue weighted by atomic mass is 79.9. The van der Waals surface area contributed by atoms with Crippen molar-refractivity contribution < 1.29 is 29.0 Å². The van der Waals surface area contributed by atoms with Crippen LogP contribution in [0.5, 0.6) is 11.5 Å². The number of rotatable bonds is 12. The van der Waals surface area contributed by atoms with Crippen LogP contribution in [0.4, 0.5) is 5.69 Å². The smallest absolute Gasteiger partial charge is 0.286 e. The predicted molar refractivity (Wildman–Crippen MR) is 123 cm³/mol. The standard InChI is InChI=1S/C20H29BrN2O7S/c1-4-29-20(31-5-2)16-9-13(24)12-22(16)19(25)14-10-17(28-3)18(30-8-6-7-21)11-15(14)23(26)27/h10-11,13,16,20,24H,4-9,12H2,1-3H3/t13-,16+,20?/m1/s1. The van der Waals surface area contributed by atoms with E-state index in [1.807, 2.05) is 13.8 Å². The van der Waals surface area contributed by atoms with E-state index in [0.29, 0.717) is 26.1 Å². The van der Waals surface area contributed by atoms with E-state index in [4.69, 9.17) is 14.2 Å². The second kappa shape index (κ2) is 12.5. The van der Waals surface area contributed by atoms with Crippen molar-refractivity contribution in [2.75, 3.05) is 38.0 Å². The summed E-state index contributed by atoms with van der Waals surface area (Å²) in [6.45, 7) is 4.74. The maximum atomic E-state index is 13.4. The minimum atomic E-state index is -0.720. The number of methoxy groups -OCH3 is 1. The molecule has 1 aromatic rings. The van der Waals surface area contributed by atoms with E-state index in [-0.39, 0.29) is 34.7 Å². The van der Waals surface area contributed by atoms with Crippen LogP contribution in [0.25, 0.3) is 0 Å². The van der Waals surface area contributed by atoms with Gasteiger partial charge in [-0.05, 0) is 25.5 Å². The van der Waals surface area contributed by atoms with Crippen molar-refractivity contribution in [1.82, 2.24) is 4.90 Å². The first-order valence-corrected chi connectivity index (χ1v) is 12.3. The van der Waals surface area contributed by atoms with Crippen LogP contribution < -0.4 is 9.47 Å². The largest absolute Gasteiger partial charge is 0.493 e. The number of aliphatic hydroxyl groups excluding tert-OH is 1. The number of hydrogen-bond acceptors (Lipinski definition) is 8. The topological polar surface area (TPSA) is 111 Å². The number of nitro benzene ring substituents is 1. The molecule has 0 radical (unpaired) electrons. The lowest BCUT2D eigenvalue weighted by molar-refractivity contribution is -0.385. The fraction of sp³-hybridized carbons (Fsp3) is 0.650. The normalized spacial score (nSPS) is 19.3. The number of β-amino-alcohol motifs (C(OH)–C–C–N with tert-alkyl or cyclic N) is 1. The number of ether oxygens (including phenoxy) is 3. The molecule has 0 bridgehead atoms. The van der Waals surface area contributed by atoms with Crippen molar-refractivity contribution in [3.05, 3.63) is 27.8 Å². The van der Waals surface area contributed by atoms with Crippen molar-refractivity contribution in [1.29, 1.82) is 0 Å². The molecule has 0 spiro atoms. The second-order valence-corrected chi connectivity index (χ2v) is 9.03.